The number of rotatable bonds is 6. The number of hydrogen-bond donors (Lipinski definition) is 0. The SMILES string of the molecule is Cc1ccc(OCCC(=O)N(C)Cc2ccc(C)o2)c(C)c1. The second-order valence-corrected chi connectivity index (χ2v) is 5.63. The molecule has 0 N–H and O–H groups in total. The highest BCUT2D eigenvalue weighted by Gasteiger charge is 2.11. The van der Waals surface area contributed by atoms with Crippen molar-refractivity contribution in [2.24, 2.45) is 0 Å². The first-order chi connectivity index (χ1) is 10.5. The van der Waals surface area contributed by atoms with Gasteiger partial charge >= 0.3 is 0 Å². The van der Waals surface area contributed by atoms with E-state index in [4.69, 9.17) is 9.15 Å². The summed E-state index contributed by atoms with van der Waals surface area (Å²) in [5.74, 6) is 2.53. The van der Waals surface area contributed by atoms with Gasteiger partial charge in [0, 0.05) is 7.05 Å². The molecule has 0 saturated heterocycles. The maximum Gasteiger partial charge on any atom is 0.226 e. The zero-order chi connectivity index (χ0) is 16.1. The average molecular weight is 301 g/mol. The third-order valence-corrected chi connectivity index (χ3v) is 3.52. The first-order valence-corrected chi connectivity index (χ1v) is 7.45. The quantitative estimate of drug-likeness (QED) is 0.818. The molecule has 1 heterocycles. The van der Waals surface area contributed by atoms with Crippen LogP contribution in [0, 0.1) is 20.8 Å². The Kier molecular flexibility index (Phi) is 5.26. The summed E-state index contributed by atoms with van der Waals surface area (Å²) in [6, 6.07) is 9.82. The van der Waals surface area contributed by atoms with Crippen molar-refractivity contribution >= 4 is 5.91 Å². The lowest BCUT2D eigenvalue weighted by molar-refractivity contribution is -0.131. The molecule has 0 bridgehead atoms. The highest BCUT2D eigenvalue weighted by Crippen LogP contribution is 2.19. The molecule has 0 atom stereocenters. The smallest absolute Gasteiger partial charge is 0.226 e. The lowest BCUT2D eigenvalue weighted by atomic mass is 10.1. The van der Waals surface area contributed by atoms with Crippen LogP contribution in [-0.4, -0.2) is 24.5 Å². The highest BCUT2D eigenvalue weighted by atomic mass is 16.5. The fraction of sp³-hybridized carbons (Fsp3) is 0.389. The molecule has 0 spiro atoms. The summed E-state index contributed by atoms with van der Waals surface area (Å²) in [5, 5.41) is 0. The number of ether oxygens (including phenoxy) is 1. The Morgan fingerprint density at radius 3 is 2.59 bits per heavy atom. The van der Waals surface area contributed by atoms with Crippen molar-refractivity contribution in [3.63, 3.8) is 0 Å². The maximum atomic E-state index is 12.1. The van der Waals surface area contributed by atoms with E-state index in [1.54, 1.807) is 11.9 Å². The first-order valence-electron chi connectivity index (χ1n) is 7.45. The number of benzene rings is 1. The van der Waals surface area contributed by atoms with Crippen LogP contribution >= 0.6 is 0 Å². The minimum atomic E-state index is 0.0406. The summed E-state index contributed by atoms with van der Waals surface area (Å²) in [6.45, 7) is 6.81. The largest absolute Gasteiger partial charge is 0.493 e. The number of carbonyl (C=O) groups excluding carboxylic acids is 1. The molecule has 0 aliphatic rings. The van der Waals surface area contributed by atoms with Gasteiger partial charge in [-0.1, -0.05) is 17.7 Å². The fourth-order valence-electron chi connectivity index (χ4n) is 2.29. The van der Waals surface area contributed by atoms with E-state index in [9.17, 15) is 4.79 Å². The third kappa shape index (κ3) is 4.38. The summed E-state index contributed by atoms with van der Waals surface area (Å²) < 4.78 is 11.2. The van der Waals surface area contributed by atoms with E-state index >= 15 is 0 Å². The van der Waals surface area contributed by atoms with Gasteiger partial charge in [0.05, 0.1) is 19.6 Å². The molecule has 0 aliphatic carbocycles. The minimum absolute atomic E-state index is 0.0406. The van der Waals surface area contributed by atoms with E-state index in [0.717, 1.165) is 22.8 Å². The van der Waals surface area contributed by atoms with Crippen LogP contribution in [0.4, 0.5) is 0 Å². The Morgan fingerprint density at radius 2 is 1.95 bits per heavy atom. The van der Waals surface area contributed by atoms with E-state index in [0.29, 0.717) is 19.6 Å². The van der Waals surface area contributed by atoms with Crippen molar-refractivity contribution in [1.82, 2.24) is 4.90 Å². The van der Waals surface area contributed by atoms with Crippen LogP contribution in [0.1, 0.15) is 29.1 Å². The molecule has 0 saturated carbocycles. The van der Waals surface area contributed by atoms with Crippen molar-refractivity contribution in [2.75, 3.05) is 13.7 Å². The van der Waals surface area contributed by atoms with Gasteiger partial charge in [-0.15, -0.1) is 0 Å². The van der Waals surface area contributed by atoms with Gasteiger partial charge in [-0.25, -0.2) is 0 Å². The second-order valence-electron chi connectivity index (χ2n) is 5.63. The Hall–Kier alpha value is -2.23. The van der Waals surface area contributed by atoms with Gasteiger partial charge < -0.3 is 14.1 Å². The summed E-state index contributed by atoms with van der Waals surface area (Å²) in [5.41, 5.74) is 2.29. The monoisotopic (exact) mass is 301 g/mol. The van der Waals surface area contributed by atoms with E-state index in [-0.39, 0.29) is 5.91 Å². The molecule has 0 aliphatic heterocycles. The number of aryl methyl sites for hydroxylation is 3. The molecule has 0 unspecified atom stereocenters. The van der Waals surface area contributed by atoms with Crippen LogP contribution in [0.25, 0.3) is 0 Å². The van der Waals surface area contributed by atoms with Crippen LogP contribution in [0.2, 0.25) is 0 Å². The second kappa shape index (κ2) is 7.16. The Bertz CT molecular complexity index is 646. The van der Waals surface area contributed by atoms with E-state index in [1.165, 1.54) is 5.56 Å². The van der Waals surface area contributed by atoms with Crippen LogP contribution in [0.5, 0.6) is 5.75 Å². The zero-order valence-corrected chi connectivity index (χ0v) is 13.7. The Labute approximate surface area is 131 Å². The van der Waals surface area contributed by atoms with Gasteiger partial charge in [0.1, 0.15) is 17.3 Å². The molecule has 2 rings (SSSR count). The van der Waals surface area contributed by atoms with Crippen LogP contribution in [-0.2, 0) is 11.3 Å². The lowest BCUT2D eigenvalue weighted by Gasteiger charge is -2.16. The molecule has 2 aromatic rings. The topological polar surface area (TPSA) is 42.7 Å². The summed E-state index contributed by atoms with van der Waals surface area (Å²) >= 11 is 0. The molecular weight excluding hydrogens is 278 g/mol. The average Bonchev–Trinajstić information content (AvgIpc) is 2.86. The van der Waals surface area contributed by atoms with Crippen molar-refractivity contribution in [1.29, 1.82) is 0 Å². The molecule has 1 aromatic heterocycles. The number of amides is 1. The van der Waals surface area contributed by atoms with Crippen molar-refractivity contribution in [2.45, 2.75) is 33.7 Å². The van der Waals surface area contributed by atoms with Crippen molar-refractivity contribution in [3.8, 4) is 5.75 Å². The number of furan rings is 1. The van der Waals surface area contributed by atoms with Gasteiger partial charge in [0.25, 0.3) is 0 Å². The number of carbonyl (C=O) groups is 1. The van der Waals surface area contributed by atoms with Crippen LogP contribution in [0.3, 0.4) is 0 Å². The summed E-state index contributed by atoms with van der Waals surface area (Å²) in [4.78, 5) is 13.7. The van der Waals surface area contributed by atoms with Gasteiger partial charge in [-0.3, -0.25) is 4.79 Å². The van der Waals surface area contributed by atoms with Gasteiger partial charge in [-0.05, 0) is 44.5 Å². The van der Waals surface area contributed by atoms with Gasteiger partial charge in [-0.2, -0.15) is 0 Å². The summed E-state index contributed by atoms with van der Waals surface area (Å²) in [6.07, 6.45) is 0.351. The van der Waals surface area contributed by atoms with E-state index in [2.05, 4.69) is 6.07 Å². The highest BCUT2D eigenvalue weighted by molar-refractivity contribution is 5.75. The third-order valence-electron chi connectivity index (χ3n) is 3.52. The standard InChI is InChI=1S/C18H23NO3/c1-13-5-8-17(14(2)11-13)21-10-9-18(20)19(4)12-16-7-6-15(3)22-16/h5-8,11H,9-10,12H2,1-4H3. The molecule has 118 valence electrons. The molecule has 22 heavy (non-hydrogen) atoms. The normalized spacial score (nSPS) is 10.5. The predicted octanol–water partition coefficient (Wildman–Crippen LogP) is 3.63. The van der Waals surface area contributed by atoms with Gasteiger partial charge in [0.2, 0.25) is 5.91 Å². The van der Waals surface area contributed by atoms with Crippen molar-refractivity contribution < 1.29 is 13.9 Å². The molecule has 0 fully saturated rings. The van der Waals surface area contributed by atoms with Gasteiger partial charge in [0.15, 0.2) is 0 Å². The number of nitrogens with zero attached hydrogens (tertiary/aromatic N) is 1. The van der Waals surface area contributed by atoms with E-state index < -0.39 is 0 Å². The fourth-order valence-corrected chi connectivity index (χ4v) is 2.29. The molecule has 1 aromatic carbocycles. The molecule has 1 amide bonds. The molecule has 4 heteroatoms. The lowest BCUT2D eigenvalue weighted by Crippen LogP contribution is -2.27. The predicted molar refractivity (Wildman–Crippen MR) is 85.9 cm³/mol. The van der Waals surface area contributed by atoms with Crippen LogP contribution < -0.4 is 4.74 Å². The maximum absolute atomic E-state index is 12.1. The summed E-state index contributed by atoms with van der Waals surface area (Å²) in [7, 11) is 1.78. The Morgan fingerprint density at radius 1 is 1.18 bits per heavy atom. The van der Waals surface area contributed by atoms with E-state index in [1.807, 2.05) is 45.0 Å². The molecular formula is C18H23NO3. The molecule has 4 nitrogen and oxygen atoms in total. The van der Waals surface area contributed by atoms with Crippen molar-refractivity contribution in [3.05, 3.63) is 53.0 Å². The molecule has 0 radical (unpaired) electrons. The number of hydrogen-bond acceptors (Lipinski definition) is 3. The first kappa shape index (κ1) is 16.1. The van der Waals surface area contributed by atoms with Crippen LogP contribution in [0.15, 0.2) is 34.7 Å². The minimum Gasteiger partial charge on any atom is -0.493 e. The Balaban J connectivity index is 1.79. The zero-order valence-electron chi connectivity index (χ0n) is 13.7.